The van der Waals surface area contributed by atoms with Crippen molar-refractivity contribution < 1.29 is 38.2 Å². The third-order valence-electron chi connectivity index (χ3n) is 8.00. The monoisotopic (exact) mass is 749 g/mol. The number of aliphatic hydroxyl groups excluding tert-OH is 1. The predicted octanol–water partition coefficient (Wildman–Crippen LogP) is 6.31. The zero-order chi connectivity index (χ0) is 33.1. The predicted molar refractivity (Wildman–Crippen MR) is 188 cm³/mol. The van der Waals surface area contributed by atoms with Gasteiger partial charge in [0.2, 0.25) is 5.36 Å². The van der Waals surface area contributed by atoms with Gasteiger partial charge in [-0.05, 0) is 94.2 Å². The third-order valence-corrected chi connectivity index (χ3v) is 8.00. The van der Waals surface area contributed by atoms with E-state index in [2.05, 4.69) is 98.7 Å². The van der Waals surface area contributed by atoms with Crippen LogP contribution in [0.15, 0.2) is 89.1 Å². The van der Waals surface area contributed by atoms with Crippen molar-refractivity contribution in [2.75, 3.05) is 26.2 Å². The molecule has 253 valence electrons. The minimum absolute atomic E-state index is 0. The molecule has 0 saturated heterocycles. The van der Waals surface area contributed by atoms with Gasteiger partial charge < -0.3 is 27.0 Å². The van der Waals surface area contributed by atoms with Gasteiger partial charge in [0.05, 0.1) is 11.8 Å². The molecule has 2 aliphatic carbocycles. The summed E-state index contributed by atoms with van der Waals surface area (Å²) in [6, 6.07) is 20.8. The topological polar surface area (TPSA) is 59.9 Å². The van der Waals surface area contributed by atoms with E-state index < -0.39 is 11.2 Å². The molecule has 5 nitrogen and oxygen atoms in total. The maximum absolute atomic E-state index is 10.3. The van der Waals surface area contributed by atoms with Crippen molar-refractivity contribution in [1.29, 1.82) is 0 Å². The first-order valence-electron chi connectivity index (χ1n) is 15.3. The van der Waals surface area contributed by atoms with Crippen LogP contribution < -0.4 is 22.3 Å². The fourth-order valence-corrected chi connectivity index (χ4v) is 5.48. The molecule has 2 atom stereocenters. The normalized spacial score (nSPS) is 15.7. The van der Waals surface area contributed by atoms with Crippen LogP contribution in [0.4, 0.5) is 0 Å². The second kappa shape index (κ2) is 19.6. The molecule has 0 aromatic heterocycles. The molecule has 1 heterocycles. The van der Waals surface area contributed by atoms with Gasteiger partial charge in [0.15, 0.2) is 0 Å². The molecule has 0 radical (unpaired) electrons. The molecular weight excluding hydrogens is 706 g/mol. The number of phenolic OH excluding ortho intramolecular Hbond substituents is 1. The number of phenols is 1. The molecule has 0 saturated carbocycles. The van der Waals surface area contributed by atoms with Gasteiger partial charge in [0.1, 0.15) is 30.2 Å². The number of rotatable bonds is 7. The van der Waals surface area contributed by atoms with Crippen LogP contribution in [0.3, 0.4) is 0 Å². The summed E-state index contributed by atoms with van der Waals surface area (Å²) in [5, 5.41) is 22.7. The first-order chi connectivity index (χ1) is 21.5. The summed E-state index contributed by atoms with van der Waals surface area (Å²) in [5.41, 5.74) is 5.24. The summed E-state index contributed by atoms with van der Waals surface area (Å²) in [6.45, 7) is 16.6. The number of aliphatic hydroxyl groups is 1. The fourth-order valence-electron chi connectivity index (χ4n) is 5.48. The summed E-state index contributed by atoms with van der Waals surface area (Å²) < 4.78 is 8.41. The molecular formula is C36H45Cl4FeN2O3. The molecule has 0 bridgehead atoms. The maximum atomic E-state index is 10.3. The van der Waals surface area contributed by atoms with Crippen molar-refractivity contribution in [2.24, 2.45) is 5.92 Å². The van der Waals surface area contributed by atoms with Gasteiger partial charge in [0, 0.05) is 29.0 Å². The van der Waals surface area contributed by atoms with E-state index in [1.165, 1.54) is 10.9 Å². The average molecular weight is 751 g/mol. The number of fused-ring (bicyclic) bond motifs is 2. The van der Waals surface area contributed by atoms with E-state index >= 15 is 0 Å². The van der Waals surface area contributed by atoms with Gasteiger partial charge >= 0.3 is 41.5 Å². The second-order valence-corrected chi connectivity index (χ2v) is 16.4. The van der Waals surface area contributed by atoms with E-state index in [9.17, 15) is 10.2 Å². The number of halogens is 4. The molecule has 3 aliphatic rings. The van der Waals surface area contributed by atoms with Gasteiger partial charge in [-0.25, -0.2) is 4.58 Å². The van der Waals surface area contributed by atoms with Crippen molar-refractivity contribution in [2.45, 2.75) is 54.0 Å². The van der Waals surface area contributed by atoms with Crippen LogP contribution >= 0.6 is 30.3 Å². The Bertz CT molecular complexity index is 1640. The summed E-state index contributed by atoms with van der Waals surface area (Å²) in [5.74, 6) is 1.61. The Morgan fingerprint density at radius 3 is 2.04 bits per heavy atom. The first-order valence-corrected chi connectivity index (χ1v) is 19.9. The number of benzene rings is 3. The number of allylic oxidation sites excluding steroid dienone is 1. The Labute approximate surface area is 297 Å². The Morgan fingerprint density at radius 2 is 1.46 bits per heavy atom. The quantitative estimate of drug-likeness (QED) is 0.101. The third kappa shape index (κ3) is 11.5. The summed E-state index contributed by atoms with van der Waals surface area (Å²) in [6.07, 6.45) is 6.74. The molecule has 5 rings (SSSR count). The molecule has 2 N–H and O–H groups in total. The van der Waals surface area contributed by atoms with Crippen LogP contribution in [0.2, 0.25) is 0 Å². The van der Waals surface area contributed by atoms with E-state index in [4.69, 9.17) is 34.7 Å². The van der Waals surface area contributed by atoms with Crippen molar-refractivity contribution >= 4 is 41.3 Å². The van der Waals surface area contributed by atoms with Gasteiger partial charge in [-0.15, -0.1) is 0 Å². The van der Waals surface area contributed by atoms with Crippen LogP contribution in [0.25, 0.3) is 22.3 Å². The molecule has 0 fully saturated rings. The average Bonchev–Trinajstić information content (AvgIpc) is 3.00. The van der Waals surface area contributed by atoms with Gasteiger partial charge in [-0.3, -0.25) is 4.90 Å². The number of nitrogens with zero attached hydrogens (tertiary/aromatic N) is 2. The zero-order valence-electron chi connectivity index (χ0n) is 27.3. The van der Waals surface area contributed by atoms with Crippen molar-refractivity contribution in [3.63, 3.8) is 0 Å². The molecule has 2 aromatic rings. The first kappa shape index (κ1) is 40.0. The number of hydrogen-bond acceptors (Lipinski definition) is 4. The molecule has 2 unspecified atom stereocenters. The van der Waals surface area contributed by atoms with E-state index in [1.54, 1.807) is 6.07 Å². The molecule has 2 aromatic carbocycles. The van der Waals surface area contributed by atoms with Crippen molar-refractivity contribution in [3.8, 4) is 17.1 Å². The molecule has 10 heteroatoms. The van der Waals surface area contributed by atoms with Crippen LogP contribution in [0, 0.1) is 19.8 Å². The Hall–Kier alpha value is -2.15. The molecule has 1 aliphatic heterocycles. The summed E-state index contributed by atoms with van der Waals surface area (Å²) in [7, 11) is 14.7. The summed E-state index contributed by atoms with van der Waals surface area (Å²) in [4.78, 5) is 2.28. The van der Waals surface area contributed by atoms with Crippen molar-refractivity contribution in [1.82, 2.24) is 9.48 Å². The Morgan fingerprint density at radius 1 is 0.826 bits per heavy atom. The zero-order valence-corrected chi connectivity index (χ0v) is 31.4. The van der Waals surface area contributed by atoms with Crippen molar-refractivity contribution in [3.05, 3.63) is 107 Å². The van der Waals surface area contributed by atoms with Gasteiger partial charge in [-0.1, -0.05) is 50.3 Å². The molecule has 46 heavy (non-hydrogen) atoms. The van der Waals surface area contributed by atoms with E-state index in [-0.39, 0.29) is 24.4 Å². The van der Waals surface area contributed by atoms with Gasteiger partial charge in [0.25, 0.3) is 0 Å². The number of hydrogen-bond donors (Lipinski definition) is 2. The minimum atomic E-state index is -1.33. The SMILES string of the molecule is CCN(CC)C1C=CC(Cc2ccc(C)cc2O)C(O)=C1.CC[N+](CC)=c1ccc2cc3ccc(C)cc3oc-2c1.[Cl-].[Cl][Fe]([Cl])[Cl]. The van der Waals surface area contributed by atoms with E-state index in [0.717, 1.165) is 59.6 Å². The Kier molecular flexibility index (Phi) is 17.1. The standard InChI is InChI=1S/C18H25NO2.C18H20NO.4ClH.Fe/c1-4-19(5-2)16-9-8-15(18(21)12-16)11-14-7-6-13(3)10-17(14)20;1-4-19(5-2)16-9-8-15-11-14-7-6-13(3)10-17(14)20-18(15)12-16;;;;;/h6-10,12,15-16,20-21H,4-5,11H2,1-3H3;6-12H,4-5H2,1-3H3;4*1H;/q;+1;;;;;+3/p-4. The van der Waals surface area contributed by atoms with Crippen LogP contribution in [-0.4, -0.2) is 47.3 Å². The number of likely N-dealkylation sites (N-methyl/N-ethyl adjacent to an activating group) is 1. The molecule has 0 spiro atoms. The van der Waals surface area contributed by atoms with Crippen LogP contribution in [0.5, 0.6) is 5.75 Å². The van der Waals surface area contributed by atoms with E-state index in [0.29, 0.717) is 17.9 Å². The second-order valence-electron chi connectivity index (χ2n) is 11.0. The van der Waals surface area contributed by atoms with Gasteiger partial charge in [-0.2, -0.15) is 0 Å². The van der Waals surface area contributed by atoms with Crippen LogP contribution in [-0.2, 0) is 17.6 Å². The van der Waals surface area contributed by atoms with Crippen LogP contribution in [0.1, 0.15) is 44.4 Å². The molecule has 0 amide bonds. The summed E-state index contributed by atoms with van der Waals surface area (Å²) >= 11 is -1.33. The van der Waals surface area contributed by atoms with E-state index in [1.807, 2.05) is 25.1 Å². The Balaban J connectivity index is 0.000000282. The fraction of sp³-hybridized carbons (Fsp3) is 0.361. The number of aryl methyl sites for hydroxylation is 2. The number of aromatic hydroxyl groups is 1.